The number of ether oxygens (including phenoxy) is 2. The molecule has 0 aliphatic heterocycles. The predicted octanol–water partition coefficient (Wildman–Crippen LogP) is 1.57. The minimum absolute atomic E-state index is 0.0424. The van der Waals surface area contributed by atoms with Crippen LogP contribution in [0.4, 0.5) is 0 Å². The van der Waals surface area contributed by atoms with Crippen LogP contribution in [0.1, 0.15) is 24.4 Å². The van der Waals surface area contributed by atoms with Gasteiger partial charge in [-0.05, 0) is 24.1 Å². The zero-order valence-corrected chi connectivity index (χ0v) is 9.97. The second kappa shape index (κ2) is 6.10. The van der Waals surface area contributed by atoms with Crippen LogP contribution in [0.2, 0.25) is 0 Å². The third-order valence-corrected chi connectivity index (χ3v) is 2.47. The molecule has 0 saturated heterocycles. The summed E-state index contributed by atoms with van der Waals surface area (Å²) >= 11 is 0. The van der Waals surface area contributed by atoms with E-state index in [9.17, 15) is 4.79 Å². The van der Waals surface area contributed by atoms with Gasteiger partial charge in [-0.1, -0.05) is 0 Å². The minimum atomic E-state index is -0.852. The summed E-state index contributed by atoms with van der Waals surface area (Å²) in [6.45, 7) is 0. The maximum atomic E-state index is 10.5. The Balaban J connectivity index is 2.84. The molecule has 17 heavy (non-hydrogen) atoms. The zero-order chi connectivity index (χ0) is 12.8. The number of nitrogens with two attached hydrogens (primary N) is 1. The Morgan fingerprint density at radius 2 is 1.82 bits per heavy atom. The van der Waals surface area contributed by atoms with Gasteiger partial charge in [0.2, 0.25) is 0 Å². The van der Waals surface area contributed by atoms with Crippen molar-refractivity contribution < 1.29 is 19.4 Å². The number of hydrogen-bond donors (Lipinski definition) is 2. The molecule has 1 aromatic carbocycles. The molecule has 1 aromatic rings. The van der Waals surface area contributed by atoms with Crippen LogP contribution in [-0.2, 0) is 4.79 Å². The number of carboxylic acids is 1. The van der Waals surface area contributed by atoms with Crippen LogP contribution in [-0.4, -0.2) is 25.3 Å². The van der Waals surface area contributed by atoms with Gasteiger partial charge in [-0.3, -0.25) is 4.79 Å². The van der Waals surface area contributed by atoms with Crippen molar-refractivity contribution in [1.29, 1.82) is 0 Å². The first kappa shape index (κ1) is 13.3. The standard InChI is InChI=1S/C12H17NO4/c1-16-9-5-8(6-10(7-9)17-2)11(13)3-4-12(14)15/h5-7,11H,3-4,13H2,1-2H3,(H,14,15). The Bertz CT molecular complexity index is 370. The van der Waals surface area contributed by atoms with Crippen molar-refractivity contribution in [3.8, 4) is 11.5 Å². The first-order valence-corrected chi connectivity index (χ1v) is 5.27. The Kier molecular flexibility index (Phi) is 4.78. The van der Waals surface area contributed by atoms with Gasteiger partial charge in [0.1, 0.15) is 11.5 Å². The van der Waals surface area contributed by atoms with Gasteiger partial charge in [0.25, 0.3) is 0 Å². The summed E-state index contributed by atoms with van der Waals surface area (Å²) < 4.78 is 10.2. The van der Waals surface area contributed by atoms with Crippen molar-refractivity contribution in [3.63, 3.8) is 0 Å². The van der Waals surface area contributed by atoms with E-state index in [2.05, 4.69) is 0 Å². The average Bonchev–Trinajstić information content (AvgIpc) is 2.34. The molecule has 0 aliphatic rings. The first-order chi connectivity index (χ1) is 8.06. The molecule has 94 valence electrons. The molecule has 0 amide bonds. The van der Waals surface area contributed by atoms with Crippen LogP contribution in [0.5, 0.6) is 11.5 Å². The van der Waals surface area contributed by atoms with Gasteiger partial charge in [0.15, 0.2) is 0 Å². The number of carboxylic acid groups (broad SMARTS) is 1. The van der Waals surface area contributed by atoms with Crippen molar-refractivity contribution in [1.82, 2.24) is 0 Å². The topological polar surface area (TPSA) is 81.8 Å². The van der Waals surface area contributed by atoms with Crippen molar-refractivity contribution in [2.24, 2.45) is 5.73 Å². The molecule has 0 bridgehead atoms. The van der Waals surface area contributed by atoms with E-state index in [0.717, 1.165) is 5.56 Å². The number of hydrogen-bond acceptors (Lipinski definition) is 4. The summed E-state index contributed by atoms with van der Waals surface area (Å²) in [4.78, 5) is 10.5. The molecule has 0 aliphatic carbocycles. The highest BCUT2D eigenvalue weighted by atomic mass is 16.5. The molecule has 0 radical (unpaired) electrons. The largest absolute Gasteiger partial charge is 0.497 e. The zero-order valence-electron chi connectivity index (χ0n) is 9.97. The third kappa shape index (κ3) is 3.96. The lowest BCUT2D eigenvalue weighted by atomic mass is 10.0. The summed E-state index contributed by atoms with van der Waals surface area (Å²) in [6, 6.07) is 4.98. The second-order valence-electron chi connectivity index (χ2n) is 3.68. The molecule has 3 N–H and O–H groups in total. The monoisotopic (exact) mass is 239 g/mol. The predicted molar refractivity (Wildman–Crippen MR) is 63.3 cm³/mol. The van der Waals surface area contributed by atoms with Gasteiger partial charge in [0, 0.05) is 18.5 Å². The fourth-order valence-electron chi connectivity index (χ4n) is 1.49. The van der Waals surface area contributed by atoms with E-state index in [1.165, 1.54) is 0 Å². The summed E-state index contributed by atoms with van der Waals surface area (Å²) in [7, 11) is 3.11. The average molecular weight is 239 g/mol. The van der Waals surface area contributed by atoms with E-state index >= 15 is 0 Å². The lowest BCUT2D eigenvalue weighted by Gasteiger charge is -2.13. The highest BCUT2D eigenvalue weighted by molar-refractivity contribution is 5.66. The van der Waals surface area contributed by atoms with Crippen molar-refractivity contribution in [2.45, 2.75) is 18.9 Å². The minimum Gasteiger partial charge on any atom is -0.497 e. The van der Waals surface area contributed by atoms with E-state index in [4.69, 9.17) is 20.3 Å². The lowest BCUT2D eigenvalue weighted by molar-refractivity contribution is -0.137. The van der Waals surface area contributed by atoms with Crippen LogP contribution in [0.3, 0.4) is 0 Å². The number of carbonyl (C=O) groups is 1. The van der Waals surface area contributed by atoms with Gasteiger partial charge < -0.3 is 20.3 Å². The van der Waals surface area contributed by atoms with Gasteiger partial charge in [-0.25, -0.2) is 0 Å². The van der Waals surface area contributed by atoms with Crippen LogP contribution >= 0.6 is 0 Å². The molecule has 1 unspecified atom stereocenters. The van der Waals surface area contributed by atoms with Crippen molar-refractivity contribution in [3.05, 3.63) is 23.8 Å². The fourth-order valence-corrected chi connectivity index (χ4v) is 1.49. The smallest absolute Gasteiger partial charge is 0.303 e. The molecule has 0 spiro atoms. The Hall–Kier alpha value is -1.75. The summed E-state index contributed by atoms with van der Waals surface area (Å²) in [5, 5.41) is 8.61. The second-order valence-corrected chi connectivity index (χ2v) is 3.68. The van der Waals surface area contributed by atoms with Crippen LogP contribution in [0.15, 0.2) is 18.2 Å². The summed E-state index contributed by atoms with van der Waals surface area (Å²) in [6.07, 6.45) is 0.423. The van der Waals surface area contributed by atoms with Crippen LogP contribution in [0.25, 0.3) is 0 Å². The Labute approximate surface area is 100 Å². The van der Waals surface area contributed by atoms with E-state index < -0.39 is 5.97 Å². The molecule has 0 fully saturated rings. The highest BCUT2D eigenvalue weighted by Gasteiger charge is 2.11. The molecule has 1 atom stereocenters. The molecule has 5 heteroatoms. The van der Waals surface area contributed by atoms with Crippen LogP contribution in [0, 0.1) is 0 Å². The molecule has 1 rings (SSSR count). The molecule has 0 aromatic heterocycles. The summed E-state index contributed by atoms with van der Waals surface area (Å²) in [5.41, 5.74) is 6.72. The van der Waals surface area contributed by atoms with E-state index in [-0.39, 0.29) is 12.5 Å². The molecule has 0 heterocycles. The highest BCUT2D eigenvalue weighted by Crippen LogP contribution is 2.27. The van der Waals surface area contributed by atoms with Gasteiger partial charge in [-0.2, -0.15) is 0 Å². The van der Waals surface area contributed by atoms with Gasteiger partial charge >= 0.3 is 5.97 Å². The molecule has 5 nitrogen and oxygen atoms in total. The number of aliphatic carboxylic acids is 1. The normalized spacial score (nSPS) is 11.9. The molecule has 0 saturated carbocycles. The van der Waals surface area contributed by atoms with E-state index in [1.54, 1.807) is 32.4 Å². The maximum absolute atomic E-state index is 10.5. The van der Waals surface area contributed by atoms with Gasteiger partial charge in [0.05, 0.1) is 14.2 Å². The number of benzene rings is 1. The molecular weight excluding hydrogens is 222 g/mol. The fraction of sp³-hybridized carbons (Fsp3) is 0.417. The van der Waals surface area contributed by atoms with Gasteiger partial charge in [-0.15, -0.1) is 0 Å². The quantitative estimate of drug-likeness (QED) is 0.787. The SMILES string of the molecule is COc1cc(OC)cc(C(N)CCC(=O)O)c1. The first-order valence-electron chi connectivity index (χ1n) is 5.27. The van der Waals surface area contributed by atoms with E-state index in [0.29, 0.717) is 17.9 Å². The van der Waals surface area contributed by atoms with Crippen molar-refractivity contribution >= 4 is 5.97 Å². The third-order valence-electron chi connectivity index (χ3n) is 2.47. The van der Waals surface area contributed by atoms with Crippen LogP contribution < -0.4 is 15.2 Å². The molecular formula is C12H17NO4. The lowest BCUT2D eigenvalue weighted by Crippen LogP contribution is -2.12. The Morgan fingerprint density at radius 1 is 1.29 bits per heavy atom. The maximum Gasteiger partial charge on any atom is 0.303 e. The van der Waals surface area contributed by atoms with E-state index in [1.807, 2.05) is 0 Å². The number of rotatable bonds is 6. The summed E-state index contributed by atoms with van der Waals surface area (Å²) in [5.74, 6) is 0.436. The Morgan fingerprint density at radius 3 is 2.24 bits per heavy atom. The van der Waals surface area contributed by atoms with Crippen molar-refractivity contribution in [2.75, 3.05) is 14.2 Å². The number of methoxy groups -OCH3 is 2.